The molecule has 0 bridgehead atoms. The van der Waals surface area contributed by atoms with Gasteiger partial charge < -0.3 is 19.9 Å². The fourth-order valence-electron chi connectivity index (χ4n) is 5.10. The Labute approximate surface area is 209 Å². The summed E-state index contributed by atoms with van der Waals surface area (Å²) in [5.74, 6) is 1.54. The van der Waals surface area contributed by atoms with Crippen molar-refractivity contribution in [1.29, 1.82) is 0 Å². The minimum absolute atomic E-state index is 0.269. The number of hydrogen-bond acceptors (Lipinski definition) is 9. The average Bonchev–Trinajstić information content (AvgIpc) is 3.50. The molecule has 6 rings (SSSR count). The fraction of sp³-hybridized carbons (Fsp3) is 0.500. The van der Waals surface area contributed by atoms with Gasteiger partial charge in [-0.25, -0.2) is 18.4 Å². The minimum atomic E-state index is -3.39. The first kappa shape index (κ1) is 23.2. The third kappa shape index (κ3) is 4.67. The molecule has 0 radical (unpaired) electrons. The highest BCUT2D eigenvalue weighted by Gasteiger charge is 2.32. The number of anilines is 1. The molecule has 2 aromatic heterocycles. The van der Waals surface area contributed by atoms with Crippen LogP contribution in [0.25, 0.3) is 22.3 Å². The third-order valence-electron chi connectivity index (χ3n) is 6.92. The molecule has 3 aliphatic heterocycles. The lowest BCUT2D eigenvalue weighted by molar-refractivity contribution is 0.122. The summed E-state index contributed by atoms with van der Waals surface area (Å²) in [6.45, 7) is 8.18. The van der Waals surface area contributed by atoms with Crippen molar-refractivity contribution in [3.8, 4) is 11.4 Å². The zero-order valence-corrected chi connectivity index (χ0v) is 21.4. The van der Waals surface area contributed by atoms with Crippen LogP contribution in [0.15, 0.2) is 34.2 Å². The molecule has 0 aliphatic carbocycles. The first-order valence-electron chi connectivity index (χ1n) is 12.1. The first-order valence-corrected chi connectivity index (χ1v) is 14.9. The number of sulfone groups is 1. The molecule has 1 atom stereocenters. The molecule has 2 saturated heterocycles. The number of piperazine rings is 1. The van der Waals surface area contributed by atoms with E-state index in [1.165, 1.54) is 11.2 Å². The zero-order chi connectivity index (χ0) is 24.0. The highest BCUT2D eigenvalue weighted by atomic mass is 32.2. The van der Waals surface area contributed by atoms with Gasteiger partial charge in [0.15, 0.2) is 15.7 Å². The number of H-pyrrole nitrogens is 1. The van der Waals surface area contributed by atoms with E-state index < -0.39 is 9.84 Å². The smallest absolute Gasteiger partial charge is 0.175 e. The first-order chi connectivity index (χ1) is 17.0. The molecular formula is C24H30N6O3S2. The summed E-state index contributed by atoms with van der Waals surface area (Å²) < 4.78 is 30.5. The van der Waals surface area contributed by atoms with Crippen molar-refractivity contribution in [2.75, 3.05) is 70.2 Å². The van der Waals surface area contributed by atoms with Gasteiger partial charge in [-0.1, -0.05) is 0 Å². The number of nitrogens with one attached hydrogen (secondary N) is 2. The van der Waals surface area contributed by atoms with Gasteiger partial charge in [0.2, 0.25) is 0 Å². The standard InChI is InChI=1S/C24H30N6O3S2/c1-35(31,32)17-13-19(18-2-3-26-20(18)14-17)23-27-21-12-16(15-29-6-4-25-5-7-29)34-22(21)24(28-23)30-8-10-33-11-9-30/h2-3,13-14,16,25-26H,4-12,15H2,1H3. The predicted molar refractivity (Wildman–Crippen MR) is 138 cm³/mol. The summed E-state index contributed by atoms with van der Waals surface area (Å²) in [6.07, 6.45) is 3.95. The maximum absolute atomic E-state index is 12.4. The molecule has 2 fully saturated rings. The highest BCUT2D eigenvalue weighted by Crippen LogP contribution is 2.44. The number of hydrogen-bond donors (Lipinski definition) is 2. The van der Waals surface area contributed by atoms with E-state index in [9.17, 15) is 8.42 Å². The molecule has 0 saturated carbocycles. The summed E-state index contributed by atoms with van der Waals surface area (Å²) >= 11 is 1.90. The van der Waals surface area contributed by atoms with Gasteiger partial charge in [0.25, 0.3) is 0 Å². The normalized spacial score (nSPS) is 21.5. The van der Waals surface area contributed by atoms with Gasteiger partial charge in [-0.05, 0) is 18.2 Å². The van der Waals surface area contributed by atoms with Crippen LogP contribution in [0.5, 0.6) is 0 Å². The van der Waals surface area contributed by atoms with Crippen molar-refractivity contribution < 1.29 is 13.2 Å². The van der Waals surface area contributed by atoms with Crippen LogP contribution in [-0.4, -0.2) is 98.8 Å². The summed E-state index contributed by atoms with van der Waals surface area (Å²) in [5, 5.41) is 4.78. The van der Waals surface area contributed by atoms with Crippen molar-refractivity contribution in [2.45, 2.75) is 21.5 Å². The van der Waals surface area contributed by atoms with Crippen molar-refractivity contribution in [3.05, 3.63) is 30.1 Å². The quantitative estimate of drug-likeness (QED) is 0.527. The minimum Gasteiger partial charge on any atom is -0.378 e. The molecule has 0 spiro atoms. The molecule has 186 valence electrons. The van der Waals surface area contributed by atoms with Crippen molar-refractivity contribution in [1.82, 2.24) is 25.2 Å². The Bertz CT molecular complexity index is 1350. The van der Waals surface area contributed by atoms with Gasteiger partial charge in [-0.2, -0.15) is 0 Å². The maximum Gasteiger partial charge on any atom is 0.175 e. The van der Waals surface area contributed by atoms with Crippen molar-refractivity contribution in [2.24, 2.45) is 0 Å². The van der Waals surface area contributed by atoms with Crippen LogP contribution in [0.3, 0.4) is 0 Å². The molecule has 1 aromatic carbocycles. The number of fused-ring (bicyclic) bond motifs is 2. The van der Waals surface area contributed by atoms with Crippen LogP contribution in [0.2, 0.25) is 0 Å². The SMILES string of the molecule is CS(=O)(=O)c1cc(-c2nc3c(c(N4CCOCC4)n2)SC(CN2CCNCC2)C3)c2cc[nH]c2c1. The van der Waals surface area contributed by atoms with E-state index >= 15 is 0 Å². The number of morpholine rings is 1. The second-order valence-electron chi connectivity index (χ2n) is 9.42. The summed E-state index contributed by atoms with van der Waals surface area (Å²) in [6, 6.07) is 5.37. The summed E-state index contributed by atoms with van der Waals surface area (Å²) in [7, 11) is -3.39. The Kier molecular flexibility index (Phi) is 6.21. The zero-order valence-electron chi connectivity index (χ0n) is 19.8. The van der Waals surface area contributed by atoms with Crippen molar-refractivity contribution >= 4 is 38.3 Å². The third-order valence-corrected chi connectivity index (χ3v) is 9.31. The average molecular weight is 515 g/mol. The lowest BCUT2D eigenvalue weighted by atomic mass is 10.1. The molecule has 2 N–H and O–H groups in total. The van der Waals surface area contributed by atoms with E-state index in [2.05, 4.69) is 20.1 Å². The van der Waals surface area contributed by atoms with E-state index in [-0.39, 0.29) is 4.90 Å². The second-order valence-corrected chi connectivity index (χ2v) is 12.7. The Balaban J connectivity index is 1.43. The van der Waals surface area contributed by atoms with Gasteiger partial charge in [-0.3, -0.25) is 4.90 Å². The largest absolute Gasteiger partial charge is 0.378 e. The number of rotatable bonds is 5. The topological polar surface area (TPSA) is 103 Å². The van der Waals surface area contributed by atoms with Crippen LogP contribution in [0.4, 0.5) is 5.82 Å². The second kappa shape index (κ2) is 9.36. The number of benzene rings is 1. The Morgan fingerprint density at radius 1 is 1.14 bits per heavy atom. The van der Waals surface area contributed by atoms with E-state index in [1.54, 1.807) is 12.1 Å². The molecule has 3 aromatic rings. The highest BCUT2D eigenvalue weighted by molar-refractivity contribution is 8.00. The Morgan fingerprint density at radius 2 is 1.94 bits per heavy atom. The maximum atomic E-state index is 12.4. The number of ether oxygens (including phenoxy) is 1. The van der Waals surface area contributed by atoms with Gasteiger partial charge in [0.05, 0.1) is 28.7 Å². The van der Waals surface area contributed by atoms with E-state index in [0.29, 0.717) is 24.3 Å². The van der Waals surface area contributed by atoms with E-state index in [4.69, 9.17) is 14.7 Å². The lowest BCUT2D eigenvalue weighted by Crippen LogP contribution is -2.45. The lowest BCUT2D eigenvalue weighted by Gasteiger charge is -2.30. The van der Waals surface area contributed by atoms with E-state index in [1.807, 2.05) is 24.0 Å². The molecule has 3 aliphatic rings. The molecule has 1 unspecified atom stereocenters. The van der Waals surface area contributed by atoms with E-state index in [0.717, 1.165) is 80.2 Å². The van der Waals surface area contributed by atoms with Gasteiger partial charge in [0, 0.05) is 86.4 Å². The number of aromatic nitrogens is 3. The molecule has 9 nitrogen and oxygen atoms in total. The monoisotopic (exact) mass is 514 g/mol. The molecule has 5 heterocycles. The van der Waals surface area contributed by atoms with Crippen LogP contribution in [0.1, 0.15) is 5.69 Å². The van der Waals surface area contributed by atoms with Crippen molar-refractivity contribution in [3.63, 3.8) is 0 Å². The number of thioether (sulfide) groups is 1. The molecule has 11 heteroatoms. The van der Waals surface area contributed by atoms with Gasteiger partial charge in [0.1, 0.15) is 5.82 Å². The molecule has 0 amide bonds. The molecule has 35 heavy (non-hydrogen) atoms. The van der Waals surface area contributed by atoms with Crippen LogP contribution >= 0.6 is 11.8 Å². The summed E-state index contributed by atoms with van der Waals surface area (Å²) in [4.78, 5) is 19.5. The Hall–Kier alpha value is -2.18. The van der Waals surface area contributed by atoms with Crippen LogP contribution in [-0.2, 0) is 21.0 Å². The number of nitrogens with zero attached hydrogens (tertiary/aromatic N) is 4. The van der Waals surface area contributed by atoms with Crippen LogP contribution < -0.4 is 10.2 Å². The van der Waals surface area contributed by atoms with Crippen LogP contribution in [0, 0.1) is 0 Å². The van der Waals surface area contributed by atoms with Gasteiger partial charge in [-0.15, -0.1) is 11.8 Å². The molecular weight excluding hydrogens is 484 g/mol. The fourth-order valence-corrected chi connectivity index (χ4v) is 7.17. The summed E-state index contributed by atoms with van der Waals surface area (Å²) in [5.41, 5.74) is 2.58. The predicted octanol–water partition coefficient (Wildman–Crippen LogP) is 1.79. The Morgan fingerprint density at radius 3 is 2.71 bits per heavy atom. The number of aromatic amines is 1. The van der Waals surface area contributed by atoms with Gasteiger partial charge >= 0.3 is 0 Å².